The molecule has 0 aliphatic carbocycles. The molecule has 0 bridgehead atoms. The van der Waals surface area contributed by atoms with Crippen molar-refractivity contribution in [3.05, 3.63) is 34.3 Å². The summed E-state index contributed by atoms with van der Waals surface area (Å²) in [6, 6.07) is 5.99. The maximum atomic E-state index is 5.19. The molecule has 3 heteroatoms. The molecule has 1 aromatic carbocycles. The molecule has 0 aromatic heterocycles. The van der Waals surface area contributed by atoms with Gasteiger partial charge in [-0.15, -0.1) is 0 Å². The van der Waals surface area contributed by atoms with E-state index in [-0.39, 0.29) is 0 Å². The Kier molecular flexibility index (Phi) is 2.77. The molecular weight excluding hydrogens is 242 g/mol. The second-order valence-electron chi connectivity index (χ2n) is 3.18. The van der Waals surface area contributed by atoms with Gasteiger partial charge in [0.15, 0.2) is 0 Å². The van der Waals surface area contributed by atoms with Crippen LogP contribution in [0, 0.1) is 0 Å². The van der Waals surface area contributed by atoms with Crippen molar-refractivity contribution < 1.29 is 4.74 Å². The van der Waals surface area contributed by atoms with E-state index in [2.05, 4.69) is 27.3 Å². The van der Waals surface area contributed by atoms with Crippen LogP contribution < -0.4 is 10.1 Å². The van der Waals surface area contributed by atoms with Gasteiger partial charge in [0, 0.05) is 22.3 Å². The number of benzene rings is 1. The lowest BCUT2D eigenvalue weighted by Gasteiger charge is -2.09. The first kappa shape index (κ1) is 9.59. The van der Waals surface area contributed by atoms with E-state index < -0.39 is 0 Å². The maximum Gasteiger partial charge on any atom is 0.119 e. The normalized spacial score (nSPS) is 14.9. The van der Waals surface area contributed by atoms with Crippen molar-refractivity contribution in [2.45, 2.75) is 6.42 Å². The highest BCUT2D eigenvalue weighted by Gasteiger charge is 2.10. The van der Waals surface area contributed by atoms with Crippen molar-refractivity contribution in [2.24, 2.45) is 0 Å². The summed E-state index contributed by atoms with van der Waals surface area (Å²) in [4.78, 5) is 0. The molecule has 0 unspecified atom stereocenters. The first-order chi connectivity index (χ1) is 6.81. The van der Waals surface area contributed by atoms with E-state index in [1.165, 1.54) is 11.3 Å². The lowest BCUT2D eigenvalue weighted by atomic mass is 10.1. The third-order valence-electron chi connectivity index (χ3n) is 2.27. The summed E-state index contributed by atoms with van der Waals surface area (Å²) in [7, 11) is 1.68. The van der Waals surface area contributed by atoms with Crippen LogP contribution in [0.2, 0.25) is 0 Å². The average Bonchev–Trinajstić information content (AvgIpc) is 2.71. The van der Waals surface area contributed by atoms with Crippen LogP contribution >= 0.6 is 15.9 Å². The van der Waals surface area contributed by atoms with Gasteiger partial charge in [0.25, 0.3) is 0 Å². The molecule has 0 atom stereocenters. The third-order valence-corrected chi connectivity index (χ3v) is 2.96. The third kappa shape index (κ3) is 1.77. The fraction of sp³-hybridized carbons (Fsp3) is 0.273. The highest BCUT2D eigenvalue weighted by molar-refractivity contribution is 9.10. The zero-order chi connectivity index (χ0) is 9.97. The predicted molar refractivity (Wildman–Crippen MR) is 61.3 cm³/mol. The minimum atomic E-state index is 0.887. The van der Waals surface area contributed by atoms with Crippen LogP contribution in [-0.2, 0) is 0 Å². The Labute approximate surface area is 92.1 Å². The van der Waals surface area contributed by atoms with Crippen LogP contribution in [0.15, 0.2) is 28.7 Å². The summed E-state index contributed by atoms with van der Waals surface area (Å²) in [6.45, 7) is 1.03. The van der Waals surface area contributed by atoms with Gasteiger partial charge in [-0.25, -0.2) is 0 Å². The number of hydrogen-bond acceptors (Lipinski definition) is 2. The summed E-state index contributed by atoms with van der Waals surface area (Å²) < 4.78 is 6.29. The molecule has 1 aliphatic rings. The summed E-state index contributed by atoms with van der Waals surface area (Å²) in [5.74, 6) is 0.887. The fourth-order valence-corrected chi connectivity index (χ4v) is 2.00. The molecule has 1 aliphatic heterocycles. The standard InChI is InChI=1S/C11H12BrNO/c1-14-8-4-5-10(12)9(7-8)11-3-2-6-13-11/h3-5,7,13H,2,6H2,1H3. The molecule has 1 N–H and O–H groups in total. The van der Waals surface area contributed by atoms with Crippen LogP contribution in [-0.4, -0.2) is 13.7 Å². The van der Waals surface area contributed by atoms with Crippen molar-refractivity contribution in [1.29, 1.82) is 0 Å². The monoisotopic (exact) mass is 253 g/mol. The number of halogens is 1. The molecule has 0 saturated heterocycles. The zero-order valence-corrected chi connectivity index (χ0v) is 9.60. The van der Waals surface area contributed by atoms with Gasteiger partial charge in [0.2, 0.25) is 0 Å². The number of nitrogens with one attached hydrogen (secondary N) is 1. The topological polar surface area (TPSA) is 21.3 Å². The first-order valence-electron chi connectivity index (χ1n) is 4.59. The highest BCUT2D eigenvalue weighted by Crippen LogP contribution is 2.28. The van der Waals surface area contributed by atoms with E-state index in [1.807, 2.05) is 18.2 Å². The molecule has 0 saturated carbocycles. The van der Waals surface area contributed by atoms with Gasteiger partial charge >= 0.3 is 0 Å². The van der Waals surface area contributed by atoms with E-state index in [1.54, 1.807) is 7.11 Å². The van der Waals surface area contributed by atoms with Gasteiger partial charge in [-0.3, -0.25) is 0 Å². The molecule has 0 radical (unpaired) electrons. The largest absolute Gasteiger partial charge is 0.497 e. The van der Waals surface area contributed by atoms with Gasteiger partial charge in [-0.05, 0) is 24.6 Å². The molecule has 1 heterocycles. The number of hydrogen-bond donors (Lipinski definition) is 1. The Hall–Kier alpha value is -0.960. The minimum Gasteiger partial charge on any atom is -0.497 e. The highest BCUT2D eigenvalue weighted by atomic mass is 79.9. The Bertz CT molecular complexity index is 374. The summed E-state index contributed by atoms with van der Waals surface area (Å²) in [5, 5.41) is 3.34. The molecule has 0 amide bonds. The summed E-state index contributed by atoms with van der Waals surface area (Å²) in [6.07, 6.45) is 3.30. The van der Waals surface area contributed by atoms with Gasteiger partial charge in [-0.2, -0.15) is 0 Å². The Balaban J connectivity index is 2.40. The number of rotatable bonds is 2. The van der Waals surface area contributed by atoms with E-state index in [0.717, 1.165) is 23.2 Å². The van der Waals surface area contributed by atoms with Crippen molar-refractivity contribution in [3.63, 3.8) is 0 Å². The van der Waals surface area contributed by atoms with E-state index in [0.29, 0.717) is 0 Å². The summed E-state index contributed by atoms with van der Waals surface area (Å²) in [5.41, 5.74) is 2.36. The smallest absolute Gasteiger partial charge is 0.119 e. The second kappa shape index (κ2) is 4.05. The quantitative estimate of drug-likeness (QED) is 0.876. The lowest BCUT2D eigenvalue weighted by Crippen LogP contribution is -2.06. The van der Waals surface area contributed by atoms with Gasteiger partial charge in [0.05, 0.1) is 7.11 Å². The van der Waals surface area contributed by atoms with Crippen molar-refractivity contribution in [3.8, 4) is 5.75 Å². The molecule has 74 valence electrons. The number of methoxy groups -OCH3 is 1. The van der Waals surface area contributed by atoms with Crippen LogP contribution in [0.25, 0.3) is 5.70 Å². The van der Waals surface area contributed by atoms with Gasteiger partial charge in [-0.1, -0.05) is 22.0 Å². The van der Waals surface area contributed by atoms with Gasteiger partial charge < -0.3 is 10.1 Å². The van der Waals surface area contributed by atoms with Crippen molar-refractivity contribution in [1.82, 2.24) is 5.32 Å². The molecule has 2 rings (SSSR count). The predicted octanol–water partition coefficient (Wildman–Crippen LogP) is 2.79. The zero-order valence-electron chi connectivity index (χ0n) is 8.01. The molecular formula is C11H12BrNO. The maximum absolute atomic E-state index is 5.19. The van der Waals surface area contributed by atoms with Crippen LogP contribution in [0.3, 0.4) is 0 Å². The van der Waals surface area contributed by atoms with E-state index in [4.69, 9.17) is 4.74 Å². The second-order valence-corrected chi connectivity index (χ2v) is 4.03. The van der Waals surface area contributed by atoms with Crippen molar-refractivity contribution >= 4 is 21.6 Å². The van der Waals surface area contributed by atoms with Crippen LogP contribution in [0.1, 0.15) is 12.0 Å². The SMILES string of the molecule is COc1ccc(Br)c(C2=CCCN2)c1. The lowest BCUT2D eigenvalue weighted by molar-refractivity contribution is 0.414. The first-order valence-corrected chi connectivity index (χ1v) is 5.38. The van der Waals surface area contributed by atoms with Crippen LogP contribution in [0.4, 0.5) is 0 Å². The minimum absolute atomic E-state index is 0.887. The van der Waals surface area contributed by atoms with E-state index in [9.17, 15) is 0 Å². The van der Waals surface area contributed by atoms with Crippen molar-refractivity contribution in [2.75, 3.05) is 13.7 Å². The number of ether oxygens (including phenoxy) is 1. The molecule has 1 aromatic rings. The fourth-order valence-electron chi connectivity index (χ4n) is 1.54. The average molecular weight is 254 g/mol. The molecule has 2 nitrogen and oxygen atoms in total. The Morgan fingerprint density at radius 1 is 1.43 bits per heavy atom. The van der Waals surface area contributed by atoms with Crippen LogP contribution in [0.5, 0.6) is 5.75 Å². The molecule has 0 spiro atoms. The molecule has 0 fully saturated rings. The molecule has 14 heavy (non-hydrogen) atoms. The summed E-state index contributed by atoms with van der Waals surface area (Å²) >= 11 is 3.53. The van der Waals surface area contributed by atoms with E-state index >= 15 is 0 Å². The Morgan fingerprint density at radius 2 is 2.29 bits per heavy atom. The Morgan fingerprint density at radius 3 is 2.93 bits per heavy atom. The van der Waals surface area contributed by atoms with Gasteiger partial charge in [0.1, 0.15) is 5.75 Å².